The largest absolute Gasteiger partial charge is 0.337 e. The van der Waals surface area contributed by atoms with Crippen molar-refractivity contribution in [2.24, 2.45) is 5.73 Å². The number of nitro groups is 1. The van der Waals surface area contributed by atoms with E-state index in [1.54, 1.807) is 0 Å². The highest BCUT2D eigenvalue weighted by molar-refractivity contribution is 5.95. The lowest BCUT2D eigenvalue weighted by Gasteiger charge is -2.15. The van der Waals surface area contributed by atoms with Crippen LogP contribution in [-0.4, -0.2) is 34.9 Å². The van der Waals surface area contributed by atoms with Crippen molar-refractivity contribution in [2.75, 3.05) is 13.1 Å². The number of hydrogen-bond acceptors (Lipinski definition) is 4. The number of benzene rings is 1. The summed E-state index contributed by atoms with van der Waals surface area (Å²) in [5.74, 6) is -1.36. The van der Waals surface area contributed by atoms with Gasteiger partial charge in [-0.05, 0) is 12.5 Å². The summed E-state index contributed by atoms with van der Waals surface area (Å²) in [7, 11) is 0. The van der Waals surface area contributed by atoms with E-state index in [9.17, 15) is 19.3 Å². The van der Waals surface area contributed by atoms with Gasteiger partial charge in [-0.2, -0.15) is 0 Å². The second-order valence-electron chi connectivity index (χ2n) is 4.22. The SMILES string of the molecule is N[C@@H]1CCN(C(=O)c2ccc([N+](=O)[O-])cc2F)C1. The van der Waals surface area contributed by atoms with Crippen LogP contribution in [0, 0.1) is 15.9 Å². The van der Waals surface area contributed by atoms with Crippen LogP contribution in [0.5, 0.6) is 0 Å². The maximum absolute atomic E-state index is 13.6. The smallest absolute Gasteiger partial charge is 0.272 e. The molecule has 1 amide bonds. The molecule has 7 heteroatoms. The van der Waals surface area contributed by atoms with Crippen LogP contribution in [0.25, 0.3) is 0 Å². The first-order valence-electron chi connectivity index (χ1n) is 5.48. The topological polar surface area (TPSA) is 89.5 Å². The first-order valence-corrected chi connectivity index (χ1v) is 5.48. The molecule has 1 fully saturated rings. The highest BCUT2D eigenvalue weighted by atomic mass is 19.1. The second kappa shape index (κ2) is 4.69. The van der Waals surface area contributed by atoms with E-state index in [0.29, 0.717) is 19.5 Å². The molecule has 0 spiro atoms. The summed E-state index contributed by atoms with van der Waals surface area (Å²) in [6.07, 6.45) is 0.681. The van der Waals surface area contributed by atoms with E-state index in [1.807, 2.05) is 0 Å². The summed E-state index contributed by atoms with van der Waals surface area (Å²) in [6, 6.07) is 2.92. The van der Waals surface area contributed by atoms with Gasteiger partial charge in [0.2, 0.25) is 0 Å². The first kappa shape index (κ1) is 12.4. The van der Waals surface area contributed by atoms with Crippen molar-refractivity contribution in [2.45, 2.75) is 12.5 Å². The van der Waals surface area contributed by atoms with Crippen LogP contribution in [0.4, 0.5) is 10.1 Å². The third kappa shape index (κ3) is 2.30. The van der Waals surface area contributed by atoms with Gasteiger partial charge in [0.25, 0.3) is 11.6 Å². The first-order chi connectivity index (χ1) is 8.49. The van der Waals surface area contributed by atoms with E-state index in [-0.39, 0.29) is 17.3 Å². The van der Waals surface area contributed by atoms with Gasteiger partial charge in [-0.15, -0.1) is 0 Å². The van der Waals surface area contributed by atoms with E-state index >= 15 is 0 Å². The zero-order valence-corrected chi connectivity index (χ0v) is 9.51. The van der Waals surface area contributed by atoms with Crippen LogP contribution in [0.15, 0.2) is 18.2 Å². The Morgan fingerprint density at radius 1 is 1.56 bits per heavy atom. The van der Waals surface area contributed by atoms with Crippen LogP contribution in [0.2, 0.25) is 0 Å². The number of nitro benzene ring substituents is 1. The number of amides is 1. The molecule has 0 aromatic heterocycles. The standard InChI is InChI=1S/C11H12FN3O3/c12-10-5-8(15(17)18)1-2-9(10)11(16)14-4-3-7(13)6-14/h1-2,5,7H,3-4,6,13H2/t7-/m1/s1. The average molecular weight is 253 g/mol. The van der Waals surface area contributed by atoms with Crippen molar-refractivity contribution in [3.05, 3.63) is 39.7 Å². The summed E-state index contributed by atoms with van der Waals surface area (Å²) in [5.41, 5.74) is 5.14. The fourth-order valence-corrected chi connectivity index (χ4v) is 1.93. The van der Waals surface area contributed by atoms with Gasteiger partial charge in [-0.25, -0.2) is 4.39 Å². The van der Waals surface area contributed by atoms with Crippen molar-refractivity contribution in [1.82, 2.24) is 4.90 Å². The van der Waals surface area contributed by atoms with Crippen molar-refractivity contribution in [3.63, 3.8) is 0 Å². The molecule has 1 aromatic rings. The number of likely N-dealkylation sites (tertiary alicyclic amines) is 1. The number of carbonyl (C=O) groups is 1. The molecule has 0 radical (unpaired) electrons. The Morgan fingerprint density at radius 2 is 2.28 bits per heavy atom. The number of halogens is 1. The van der Waals surface area contributed by atoms with Crippen molar-refractivity contribution in [1.29, 1.82) is 0 Å². The third-order valence-electron chi connectivity index (χ3n) is 2.91. The number of nitrogens with two attached hydrogens (primary N) is 1. The third-order valence-corrected chi connectivity index (χ3v) is 2.91. The molecule has 2 N–H and O–H groups in total. The molecule has 0 unspecified atom stereocenters. The Bertz CT molecular complexity index is 506. The van der Waals surface area contributed by atoms with Crippen LogP contribution in [-0.2, 0) is 0 Å². The number of non-ortho nitro benzene ring substituents is 1. The minimum Gasteiger partial charge on any atom is -0.337 e. The Labute approximate surface area is 102 Å². The lowest BCUT2D eigenvalue weighted by molar-refractivity contribution is -0.385. The molecule has 0 bridgehead atoms. The molecule has 96 valence electrons. The van der Waals surface area contributed by atoms with Crippen LogP contribution >= 0.6 is 0 Å². The van der Waals surface area contributed by atoms with Gasteiger partial charge < -0.3 is 10.6 Å². The lowest BCUT2D eigenvalue weighted by atomic mass is 10.1. The van der Waals surface area contributed by atoms with E-state index in [2.05, 4.69) is 0 Å². The summed E-state index contributed by atoms with van der Waals surface area (Å²) in [6.45, 7) is 0.867. The molecule has 6 nitrogen and oxygen atoms in total. The maximum atomic E-state index is 13.6. The molecule has 1 aromatic carbocycles. The number of hydrogen-bond donors (Lipinski definition) is 1. The number of nitrogens with zero attached hydrogens (tertiary/aromatic N) is 2. The highest BCUT2D eigenvalue weighted by Gasteiger charge is 2.27. The highest BCUT2D eigenvalue weighted by Crippen LogP contribution is 2.19. The molecule has 18 heavy (non-hydrogen) atoms. The van der Waals surface area contributed by atoms with E-state index in [1.165, 1.54) is 4.90 Å². The predicted molar refractivity (Wildman–Crippen MR) is 61.6 cm³/mol. The molecule has 2 rings (SSSR count). The molecule has 1 aliphatic rings. The Morgan fingerprint density at radius 3 is 2.78 bits per heavy atom. The molecule has 1 atom stereocenters. The van der Waals surface area contributed by atoms with Gasteiger partial charge in [-0.1, -0.05) is 0 Å². The van der Waals surface area contributed by atoms with Crippen LogP contribution in [0.1, 0.15) is 16.8 Å². The van der Waals surface area contributed by atoms with Gasteiger partial charge in [0, 0.05) is 25.2 Å². The van der Waals surface area contributed by atoms with Crippen molar-refractivity contribution < 1.29 is 14.1 Å². The fraction of sp³-hybridized carbons (Fsp3) is 0.364. The Hall–Kier alpha value is -2.02. The molecular formula is C11H12FN3O3. The minimum absolute atomic E-state index is 0.0879. The molecule has 1 aliphatic heterocycles. The summed E-state index contributed by atoms with van der Waals surface area (Å²) < 4.78 is 13.6. The summed E-state index contributed by atoms with van der Waals surface area (Å²) in [4.78, 5) is 23.2. The molecule has 1 heterocycles. The second-order valence-corrected chi connectivity index (χ2v) is 4.22. The summed E-state index contributed by atoms with van der Waals surface area (Å²) in [5, 5.41) is 10.5. The molecular weight excluding hydrogens is 241 g/mol. The van der Waals surface area contributed by atoms with E-state index in [0.717, 1.165) is 18.2 Å². The molecule has 1 saturated heterocycles. The summed E-state index contributed by atoms with van der Waals surface area (Å²) >= 11 is 0. The van der Waals surface area contributed by atoms with Gasteiger partial charge in [0.05, 0.1) is 16.6 Å². The lowest BCUT2D eigenvalue weighted by Crippen LogP contribution is -2.32. The van der Waals surface area contributed by atoms with Crippen molar-refractivity contribution >= 4 is 11.6 Å². The van der Waals surface area contributed by atoms with Crippen LogP contribution < -0.4 is 5.73 Å². The quantitative estimate of drug-likeness (QED) is 0.626. The molecule has 0 saturated carbocycles. The Balaban J connectivity index is 2.23. The minimum atomic E-state index is -0.880. The van der Waals surface area contributed by atoms with Crippen LogP contribution in [0.3, 0.4) is 0 Å². The normalized spacial score (nSPS) is 19.0. The average Bonchev–Trinajstić information content (AvgIpc) is 2.74. The van der Waals surface area contributed by atoms with Gasteiger partial charge in [0.15, 0.2) is 0 Å². The van der Waals surface area contributed by atoms with E-state index < -0.39 is 16.6 Å². The number of rotatable bonds is 2. The van der Waals surface area contributed by atoms with E-state index in [4.69, 9.17) is 5.73 Å². The zero-order valence-electron chi connectivity index (χ0n) is 9.51. The van der Waals surface area contributed by atoms with Gasteiger partial charge in [0.1, 0.15) is 5.82 Å². The number of carbonyl (C=O) groups excluding carboxylic acids is 1. The van der Waals surface area contributed by atoms with Gasteiger partial charge in [-0.3, -0.25) is 14.9 Å². The maximum Gasteiger partial charge on any atom is 0.272 e. The van der Waals surface area contributed by atoms with Crippen molar-refractivity contribution in [3.8, 4) is 0 Å². The monoisotopic (exact) mass is 253 g/mol. The zero-order chi connectivity index (χ0) is 13.3. The fourth-order valence-electron chi connectivity index (χ4n) is 1.93. The van der Waals surface area contributed by atoms with Gasteiger partial charge >= 0.3 is 0 Å². The molecule has 0 aliphatic carbocycles. The predicted octanol–water partition coefficient (Wildman–Crippen LogP) is 0.907. The Kier molecular flexibility index (Phi) is 3.24.